The van der Waals surface area contributed by atoms with Crippen molar-refractivity contribution in [1.82, 2.24) is 14.5 Å². The monoisotopic (exact) mass is 418 g/mol. The molecule has 0 spiro atoms. The number of rotatable bonds is 7. The van der Waals surface area contributed by atoms with Gasteiger partial charge in [-0.05, 0) is 37.3 Å². The molecule has 0 N–H and O–H groups in total. The third-order valence-corrected chi connectivity index (χ3v) is 6.47. The Morgan fingerprint density at radius 1 is 1.32 bits per heavy atom. The zero-order chi connectivity index (χ0) is 18.6. The van der Waals surface area contributed by atoms with Crippen molar-refractivity contribution in [3.63, 3.8) is 0 Å². The van der Waals surface area contributed by atoms with Crippen molar-refractivity contribution >= 4 is 45.0 Å². The average Bonchev–Trinajstić information content (AvgIpc) is 3.45. The highest BCUT2D eigenvalue weighted by atomic mass is 35.5. The van der Waals surface area contributed by atoms with Crippen LogP contribution in [0.15, 0.2) is 36.9 Å². The Hall–Kier alpha value is -1.92. The van der Waals surface area contributed by atoms with E-state index in [1.165, 1.54) is 23.1 Å². The standard InChI is InChI=1S/C21H26N4OS.ClH/c1-2-16-9-5-10-18-19(16)23-21(27-18)25(20(26)17-7-3-4-8-17)13-6-12-24-14-11-22-15-24;/h5,9-11,14-15,17H,2-4,6-8,12-13H2,1H3;1H. The van der Waals surface area contributed by atoms with E-state index in [4.69, 9.17) is 4.98 Å². The first-order valence-corrected chi connectivity index (χ1v) is 10.7. The van der Waals surface area contributed by atoms with Gasteiger partial charge in [0.2, 0.25) is 5.91 Å². The van der Waals surface area contributed by atoms with Gasteiger partial charge in [-0.3, -0.25) is 9.69 Å². The molecule has 0 atom stereocenters. The number of hydrogen-bond acceptors (Lipinski definition) is 4. The Balaban J connectivity index is 0.00000225. The highest BCUT2D eigenvalue weighted by Gasteiger charge is 2.29. The van der Waals surface area contributed by atoms with Gasteiger partial charge in [0.05, 0.1) is 16.5 Å². The van der Waals surface area contributed by atoms with Crippen LogP contribution < -0.4 is 4.90 Å². The van der Waals surface area contributed by atoms with Gasteiger partial charge < -0.3 is 4.57 Å². The number of aryl methyl sites for hydroxylation is 2. The number of carbonyl (C=O) groups excluding carboxylic acids is 1. The number of halogens is 1. The molecular formula is C21H27ClN4OS. The van der Waals surface area contributed by atoms with E-state index in [1.54, 1.807) is 17.5 Å². The van der Waals surface area contributed by atoms with Crippen molar-refractivity contribution in [2.75, 3.05) is 11.4 Å². The largest absolute Gasteiger partial charge is 0.337 e. The minimum absolute atomic E-state index is 0. The van der Waals surface area contributed by atoms with Crippen LogP contribution >= 0.6 is 23.7 Å². The Morgan fingerprint density at radius 3 is 2.86 bits per heavy atom. The molecule has 2 aromatic heterocycles. The number of hydrogen-bond donors (Lipinski definition) is 0. The van der Waals surface area contributed by atoms with E-state index in [0.29, 0.717) is 6.54 Å². The van der Waals surface area contributed by atoms with Gasteiger partial charge in [-0.1, -0.05) is 43.2 Å². The highest BCUT2D eigenvalue weighted by molar-refractivity contribution is 7.22. The molecule has 1 saturated carbocycles. The third kappa shape index (κ3) is 4.39. The lowest BCUT2D eigenvalue weighted by atomic mass is 10.1. The molecule has 150 valence electrons. The van der Waals surface area contributed by atoms with Crippen molar-refractivity contribution in [2.24, 2.45) is 5.92 Å². The van der Waals surface area contributed by atoms with E-state index >= 15 is 0 Å². The van der Waals surface area contributed by atoms with E-state index in [0.717, 1.165) is 42.9 Å². The molecule has 0 saturated heterocycles. The normalized spacial score (nSPS) is 14.3. The highest BCUT2D eigenvalue weighted by Crippen LogP contribution is 2.34. The molecular weight excluding hydrogens is 392 g/mol. The number of amides is 1. The number of anilines is 1. The lowest BCUT2D eigenvalue weighted by Crippen LogP contribution is -2.36. The maximum atomic E-state index is 13.2. The van der Waals surface area contributed by atoms with Gasteiger partial charge in [0.1, 0.15) is 0 Å². The summed E-state index contributed by atoms with van der Waals surface area (Å²) >= 11 is 1.64. The van der Waals surface area contributed by atoms with Crippen molar-refractivity contribution in [3.8, 4) is 0 Å². The van der Waals surface area contributed by atoms with Crippen LogP contribution in [0.2, 0.25) is 0 Å². The second kappa shape index (κ2) is 9.52. The van der Waals surface area contributed by atoms with Crippen LogP contribution in [-0.2, 0) is 17.8 Å². The predicted octanol–water partition coefficient (Wildman–Crippen LogP) is 5.09. The van der Waals surface area contributed by atoms with Gasteiger partial charge in [-0.15, -0.1) is 12.4 Å². The van der Waals surface area contributed by atoms with E-state index in [9.17, 15) is 4.79 Å². The zero-order valence-electron chi connectivity index (χ0n) is 16.2. The fourth-order valence-corrected chi connectivity index (χ4v) is 4.96. The number of para-hydroxylation sites is 1. The molecule has 4 rings (SSSR count). The maximum absolute atomic E-state index is 13.2. The molecule has 1 amide bonds. The zero-order valence-corrected chi connectivity index (χ0v) is 17.8. The fraction of sp³-hybridized carbons (Fsp3) is 0.476. The quantitative estimate of drug-likeness (QED) is 0.536. The van der Waals surface area contributed by atoms with Crippen LogP contribution in [0.5, 0.6) is 0 Å². The summed E-state index contributed by atoms with van der Waals surface area (Å²) in [5, 5.41) is 0.855. The molecule has 0 radical (unpaired) electrons. The Labute approximate surface area is 176 Å². The summed E-state index contributed by atoms with van der Waals surface area (Å²) in [5.74, 6) is 0.422. The Bertz CT molecular complexity index is 902. The van der Waals surface area contributed by atoms with Crippen molar-refractivity contribution in [1.29, 1.82) is 0 Å². The van der Waals surface area contributed by atoms with Crippen LogP contribution in [0.25, 0.3) is 10.2 Å². The number of thiazole rings is 1. The van der Waals surface area contributed by atoms with Gasteiger partial charge in [-0.2, -0.15) is 0 Å². The summed E-state index contributed by atoms with van der Waals surface area (Å²) in [4.78, 5) is 24.2. The summed E-state index contributed by atoms with van der Waals surface area (Å²) in [6.07, 6.45) is 11.8. The molecule has 7 heteroatoms. The van der Waals surface area contributed by atoms with Crippen LogP contribution in [0.3, 0.4) is 0 Å². The fourth-order valence-electron chi connectivity index (χ4n) is 3.92. The molecule has 0 bridgehead atoms. The van der Waals surface area contributed by atoms with Crippen LogP contribution in [0.1, 0.15) is 44.6 Å². The number of fused-ring (bicyclic) bond motifs is 1. The molecule has 1 aromatic carbocycles. The van der Waals surface area contributed by atoms with E-state index in [2.05, 4.69) is 34.7 Å². The summed E-state index contributed by atoms with van der Waals surface area (Å²) in [6, 6.07) is 6.33. The molecule has 3 aromatic rings. The maximum Gasteiger partial charge on any atom is 0.231 e. The van der Waals surface area contributed by atoms with Gasteiger partial charge in [0.15, 0.2) is 5.13 Å². The van der Waals surface area contributed by atoms with Gasteiger partial charge in [0, 0.05) is 31.4 Å². The van der Waals surface area contributed by atoms with Crippen molar-refractivity contribution in [3.05, 3.63) is 42.5 Å². The second-order valence-electron chi connectivity index (χ2n) is 7.24. The number of nitrogens with zero attached hydrogens (tertiary/aromatic N) is 4. The number of carbonyl (C=O) groups is 1. The molecule has 1 fully saturated rings. The van der Waals surface area contributed by atoms with Gasteiger partial charge >= 0.3 is 0 Å². The molecule has 1 aliphatic carbocycles. The second-order valence-corrected chi connectivity index (χ2v) is 8.25. The molecule has 0 unspecified atom stereocenters. The molecule has 2 heterocycles. The van der Waals surface area contributed by atoms with E-state index < -0.39 is 0 Å². The number of benzene rings is 1. The van der Waals surface area contributed by atoms with E-state index in [1.807, 2.05) is 17.4 Å². The van der Waals surface area contributed by atoms with Gasteiger partial charge in [-0.25, -0.2) is 9.97 Å². The summed E-state index contributed by atoms with van der Waals surface area (Å²) < 4.78 is 3.23. The van der Waals surface area contributed by atoms with Crippen molar-refractivity contribution in [2.45, 2.75) is 52.0 Å². The van der Waals surface area contributed by atoms with Gasteiger partial charge in [0.25, 0.3) is 0 Å². The first kappa shape index (κ1) is 20.8. The Morgan fingerprint density at radius 2 is 2.14 bits per heavy atom. The lowest BCUT2D eigenvalue weighted by molar-refractivity contribution is -0.122. The topological polar surface area (TPSA) is 51.0 Å². The molecule has 0 aliphatic heterocycles. The minimum Gasteiger partial charge on any atom is -0.337 e. The number of aromatic nitrogens is 3. The summed E-state index contributed by atoms with van der Waals surface area (Å²) in [7, 11) is 0. The number of imidazole rings is 1. The third-order valence-electron chi connectivity index (χ3n) is 5.43. The summed E-state index contributed by atoms with van der Waals surface area (Å²) in [5.41, 5.74) is 2.31. The van der Waals surface area contributed by atoms with Crippen LogP contribution in [-0.4, -0.2) is 27.0 Å². The SMILES string of the molecule is CCc1cccc2sc(N(CCCn3ccnc3)C(=O)C3CCCC3)nc12.Cl. The van der Waals surface area contributed by atoms with E-state index in [-0.39, 0.29) is 24.2 Å². The first-order chi connectivity index (χ1) is 13.3. The lowest BCUT2D eigenvalue weighted by Gasteiger charge is -2.23. The smallest absolute Gasteiger partial charge is 0.231 e. The van der Waals surface area contributed by atoms with Crippen LogP contribution in [0, 0.1) is 5.92 Å². The first-order valence-electron chi connectivity index (χ1n) is 9.92. The van der Waals surface area contributed by atoms with Crippen LogP contribution in [0.4, 0.5) is 5.13 Å². The summed E-state index contributed by atoms with van der Waals surface area (Å²) in [6.45, 7) is 3.72. The van der Waals surface area contributed by atoms with Crippen molar-refractivity contribution < 1.29 is 4.79 Å². The predicted molar refractivity (Wildman–Crippen MR) is 117 cm³/mol. The molecule has 5 nitrogen and oxygen atoms in total. The molecule has 28 heavy (non-hydrogen) atoms. The molecule has 1 aliphatic rings. The average molecular weight is 419 g/mol. The minimum atomic E-state index is 0. The Kier molecular flexibility index (Phi) is 7.08.